The molecule has 0 aromatic carbocycles. The highest BCUT2D eigenvalue weighted by atomic mass is 16.5. The summed E-state index contributed by atoms with van der Waals surface area (Å²) in [5.41, 5.74) is 0. The van der Waals surface area contributed by atoms with E-state index in [4.69, 9.17) is 4.74 Å². The van der Waals surface area contributed by atoms with Crippen molar-refractivity contribution in [2.75, 3.05) is 26.2 Å². The van der Waals surface area contributed by atoms with E-state index in [1.165, 1.54) is 12.8 Å². The van der Waals surface area contributed by atoms with Crippen LogP contribution in [0.2, 0.25) is 0 Å². The predicted molar refractivity (Wildman–Crippen MR) is 62.3 cm³/mol. The Hall–Kier alpha value is -0.610. The molecule has 1 N–H and O–H groups in total. The Bertz CT molecular complexity index is 239. The Kier molecular flexibility index (Phi) is 4.18. The van der Waals surface area contributed by atoms with E-state index >= 15 is 0 Å². The van der Waals surface area contributed by atoms with E-state index in [0.717, 1.165) is 25.9 Å². The predicted octanol–water partition coefficient (Wildman–Crippen LogP) is 0.766. The van der Waals surface area contributed by atoms with Gasteiger partial charge < -0.3 is 15.0 Å². The highest BCUT2D eigenvalue weighted by molar-refractivity contribution is 5.81. The fourth-order valence-electron chi connectivity index (χ4n) is 2.51. The van der Waals surface area contributed by atoms with Gasteiger partial charge in [-0.2, -0.15) is 0 Å². The van der Waals surface area contributed by atoms with E-state index in [1.54, 1.807) is 0 Å². The lowest BCUT2D eigenvalue weighted by Crippen LogP contribution is -2.51. The third-order valence-corrected chi connectivity index (χ3v) is 3.54. The first kappa shape index (κ1) is 11.9. The van der Waals surface area contributed by atoms with Gasteiger partial charge in [-0.05, 0) is 19.8 Å². The van der Waals surface area contributed by atoms with Crippen molar-refractivity contribution < 1.29 is 9.53 Å². The number of nitrogens with one attached hydrogen (secondary N) is 1. The molecule has 0 aliphatic carbocycles. The van der Waals surface area contributed by atoms with Crippen molar-refractivity contribution in [3.05, 3.63) is 0 Å². The molecule has 1 amide bonds. The molecule has 0 bridgehead atoms. The van der Waals surface area contributed by atoms with Crippen molar-refractivity contribution >= 4 is 5.91 Å². The van der Waals surface area contributed by atoms with E-state index in [-0.39, 0.29) is 12.0 Å². The fraction of sp³-hybridized carbons (Fsp3) is 0.917. The summed E-state index contributed by atoms with van der Waals surface area (Å²) in [6.45, 7) is 5.24. The minimum Gasteiger partial charge on any atom is -0.366 e. The Morgan fingerprint density at radius 2 is 2.25 bits per heavy atom. The van der Waals surface area contributed by atoms with Crippen molar-refractivity contribution in [3.8, 4) is 0 Å². The lowest BCUT2D eigenvalue weighted by Gasteiger charge is -2.32. The molecule has 2 rings (SSSR count). The third kappa shape index (κ3) is 2.74. The summed E-state index contributed by atoms with van der Waals surface area (Å²) in [7, 11) is 0. The number of nitrogens with zero attached hydrogens (tertiary/aromatic N) is 1. The molecule has 0 aromatic heterocycles. The molecule has 16 heavy (non-hydrogen) atoms. The van der Waals surface area contributed by atoms with Crippen LogP contribution in [-0.4, -0.2) is 49.2 Å². The van der Waals surface area contributed by atoms with Gasteiger partial charge in [0.1, 0.15) is 6.10 Å². The van der Waals surface area contributed by atoms with Gasteiger partial charge in [0.15, 0.2) is 0 Å². The summed E-state index contributed by atoms with van der Waals surface area (Å²) >= 11 is 0. The second kappa shape index (κ2) is 5.64. The number of amides is 1. The van der Waals surface area contributed by atoms with Crippen LogP contribution in [0.5, 0.6) is 0 Å². The monoisotopic (exact) mass is 226 g/mol. The number of likely N-dealkylation sites (tertiary alicyclic amines) is 1. The smallest absolute Gasteiger partial charge is 0.253 e. The number of rotatable bonds is 1. The first-order chi connectivity index (χ1) is 7.79. The zero-order valence-electron chi connectivity index (χ0n) is 10.1. The first-order valence-electron chi connectivity index (χ1n) is 6.42. The van der Waals surface area contributed by atoms with Crippen LogP contribution in [-0.2, 0) is 9.53 Å². The Morgan fingerprint density at radius 1 is 1.38 bits per heavy atom. The molecule has 2 aliphatic heterocycles. The van der Waals surface area contributed by atoms with E-state index in [0.29, 0.717) is 19.2 Å². The normalized spacial score (nSPS) is 32.2. The molecule has 2 fully saturated rings. The molecular weight excluding hydrogens is 204 g/mol. The zero-order chi connectivity index (χ0) is 11.4. The topological polar surface area (TPSA) is 41.6 Å². The lowest BCUT2D eigenvalue weighted by molar-refractivity contribution is -0.147. The van der Waals surface area contributed by atoms with Crippen LogP contribution in [0.25, 0.3) is 0 Å². The maximum Gasteiger partial charge on any atom is 0.253 e. The van der Waals surface area contributed by atoms with Crippen molar-refractivity contribution in [1.29, 1.82) is 0 Å². The second-order valence-corrected chi connectivity index (χ2v) is 4.79. The number of carbonyl (C=O) groups is 1. The minimum atomic E-state index is -0.255. The summed E-state index contributed by atoms with van der Waals surface area (Å²) < 4.78 is 5.53. The van der Waals surface area contributed by atoms with E-state index in [9.17, 15) is 4.79 Å². The van der Waals surface area contributed by atoms with Gasteiger partial charge in [0, 0.05) is 25.7 Å². The van der Waals surface area contributed by atoms with Crippen LogP contribution in [0, 0.1) is 0 Å². The molecular formula is C12H22N2O2. The average molecular weight is 226 g/mol. The Balaban J connectivity index is 1.95. The Labute approximate surface area is 97.3 Å². The quantitative estimate of drug-likeness (QED) is 0.718. The SMILES string of the molecule is CC1CCCCCN1C(=O)C1CNCCO1. The van der Waals surface area contributed by atoms with Gasteiger partial charge in [-0.25, -0.2) is 0 Å². The Morgan fingerprint density at radius 3 is 3.00 bits per heavy atom. The van der Waals surface area contributed by atoms with Crippen molar-refractivity contribution in [2.24, 2.45) is 0 Å². The standard InChI is InChI=1S/C12H22N2O2/c1-10-5-3-2-4-7-14(10)12(15)11-9-13-6-8-16-11/h10-11,13H,2-9H2,1H3. The summed E-state index contributed by atoms with van der Waals surface area (Å²) in [6, 6.07) is 0.375. The van der Waals surface area contributed by atoms with Crippen molar-refractivity contribution in [1.82, 2.24) is 10.2 Å². The van der Waals surface area contributed by atoms with Gasteiger partial charge in [0.25, 0.3) is 5.91 Å². The number of hydrogen-bond donors (Lipinski definition) is 1. The van der Waals surface area contributed by atoms with Gasteiger partial charge in [-0.3, -0.25) is 4.79 Å². The molecule has 2 unspecified atom stereocenters. The van der Waals surface area contributed by atoms with Gasteiger partial charge in [-0.15, -0.1) is 0 Å². The number of morpholine rings is 1. The average Bonchev–Trinajstić information content (AvgIpc) is 2.54. The molecule has 0 radical (unpaired) electrons. The van der Waals surface area contributed by atoms with Crippen LogP contribution in [0.1, 0.15) is 32.6 Å². The highest BCUT2D eigenvalue weighted by Crippen LogP contribution is 2.18. The van der Waals surface area contributed by atoms with Gasteiger partial charge in [-0.1, -0.05) is 12.8 Å². The fourth-order valence-corrected chi connectivity index (χ4v) is 2.51. The summed E-state index contributed by atoms with van der Waals surface area (Å²) in [5, 5.41) is 3.21. The third-order valence-electron chi connectivity index (χ3n) is 3.54. The van der Waals surface area contributed by atoms with Crippen LogP contribution >= 0.6 is 0 Å². The summed E-state index contributed by atoms with van der Waals surface area (Å²) in [4.78, 5) is 14.3. The zero-order valence-corrected chi connectivity index (χ0v) is 10.1. The minimum absolute atomic E-state index is 0.182. The summed E-state index contributed by atoms with van der Waals surface area (Å²) in [6.07, 6.45) is 4.50. The summed E-state index contributed by atoms with van der Waals surface area (Å²) in [5.74, 6) is 0.182. The van der Waals surface area contributed by atoms with Crippen LogP contribution < -0.4 is 5.32 Å². The second-order valence-electron chi connectivity index (χ2n) is 4.79. The van der Waals surface area contributed by atoms with Crippen LogP contribution in [0.15, 0.2) is 0 Å². The lowest BCUT2D eigenvalue weighted by atomic mass is 10.1. The molecule has 92 valence electrons. The molecule has 0 aromatic rings. The van der Waals surface area contributed by atoms with Crippen LogP contribution in [0.3, 0.4) is 0 Å². The van der Waals surface area contributed by atoms with E-state index in [1.807, 2.05) is 4.90 Å². The number of ether oxygens (including phenoxy) is 1. The van der Waals surface area contributed by atoms with E-state index < -0.39 is 0 Å². The maximum atomic E-state index is 12.3. The highest BCUT2D eigenvalue weighted by Gasteiger charge is 2.30. The molecule has 2 atom stereocenters. The van der Waals surface area contributed by atoms with Gasteiger partial charge in [0.05, 0.1) is 6.61 Å². The van der Waals surface area contributed by atoms with Gasteiger partial charge in [0.2, 0.25) is 0 Å². The molecule has 2 aliphatic rings. The number of hydrogen-bond acceptors (Lipinski definition) is 3. The molecule has 0 saturated carbocycles. The van der Waals surface area contributed by atoms with E-state index in [2.05, 4.69) is 12.2 Å². The molecule has 4 heteroatoms. The largest absolute Gasteiger partial charge is 0.366 e. The molecule has 4 nitrogen and oxygen atoms in total. The van der Waals surface area contributed by atoms with Crippen molar-refractivity contribution in [3.63, 3.8) is 0 Å². The maximum absolute atomic E-state index is 12.3. The van der Waals surface area contributed by atoms with Gasteiger partial charge >= 0.3 is 0 Å². The molecule has 2 heterocycles. The number of carbonyl (C=O) groups excluding carboxylic acids is 1. The first-order valence-corrected chi connectivity index (χ1v) is 6.42. The molecule has 2 saturated heterocycles. The van der Waals surface area contributed by atoms with Crippen molar-refractivity contribution in [2.45, 2.75) is 44.8 Å². The van der Waals surface area contributed by atoms with Crippen LogP contribution in [0.4, 0.5) is 0 Å². The molecule has 0 spiro atoms.